The molecule has 1 aliphatic heterocycles. The van der Waals surface area contributed by atoms with Crippen molar-refractivity contribution >= 4 is 11.6 Å². The van der Waals surface area contributed by atoms with Gasteiger partial charge in [0.05, 0.1) is 19.3 Å². The van der Waals surface area contributed by atoms with Crippen LogP contribution in [0.15, 0.2) is 53.5 Å². The third kappa shape index (κ3) is 5.89. The first-order valence-corrected chi connectivity index (χ1v) is 10.7. The Kier molecular flexibility index (Phi) is 7.97. The number of benzene rings is 2. The fraction of sp³-hybridized carbons (Fsp3) is 0.458. The molecule has 3 rings (SSSR count). The van der Waals surface area contributed by atoms with Gasteiger partial charge in [-0.2, -0.15) is 0 Å². The molecule has 2 N–H and O–H groups in total. The van der Waals surface area contributed by atoms with Crippen LogP contribution in [-0.4, -0.2) is 57.7 Å². The number of rotatable bonds is 8. The predicted molar refractivity (Wildman–Crippen MR) is 125 cm³/mol. The number of guanidine groups is 1. The third-order valence-electron chi connectivity index (χ3n) is 5.31. The summed E-state index contributed by atoms with van der Waals surface area (Å²) in [5.41, 5.74) is 3.75. The molecule has 6 heteroatoms. The summed E-state index contributed by atoms with van der Waals surface area (Å²) in [6.07, 6.45) is 1.07. The molecule has 1 fully saturated rings. The minimum Gasteiger partial charge on any atom is -0.495 e. The predicted octanol–water partition coefficient (Wildman–Crippen LogP) is 3.09. The summed E-state index contributed by atoms with van der Waals surface area (Å²) in [4.78, 5) is 9.45. The highest BCUT2D eigenvalue weighted by atomic mass is 16.5. The van der Waals surface area contributed by atoms with Crippen LogP contribution in [0.3, 0.4) is 0 Å². The molecule has 0 spiro atoms. The van der Waals surface area contributed by atoms with E-state index < -0.39 is 0 Å². The maximum absolute atomic E-state index is 5.54. The van der Waals surface area contributed by atoms with E-state index in [1.54, 1.807) is 7.11 Å². The lowest BCUT2D eigenvalue weighted by Gasteiger charge is -2.22. The van der Waals surface area contributed by atoms with Crippen molar-refractivity contribution in [2.75, 3.05) is 45.7 Å². The lowest BCUT2D eigenvalue weighted by Crippen LogP contribution is -2.44. The highest BCUT2D eigenvalue weighted by Crippen LogP contribution is 2.30. The van der Waals surface area contributed by atoms with Gasteiger partial charge in [0.1, 0.15) is 5.75 Å². The summed E-state index contributed by atoms with van der Waals surface area (Å²) < 4.78 is 5.54. The number of ether oxygens (including phenoxy) is 1. The Bertz CT molecular complexity index is 836. The van der Waals surface area contributed by atoms with E-state index in [-0.39, 0.29) is 0 Å². The molecule has 1 atom stereocenters. The molecule has 1 aliphatic rings. The Balaban J connectivity index is 1.65. The lowest BCUT2D eigenvalue weighted by molar-refractivity contribution is 0.401. The minimum atomic E-state index is 0.352. The normalized spacial score (nSPS) is 16.8. The zero-order valence-electron chi connectivity index (χ0n) is 18.7. The van der Waals surface area contributed by atoms with Gasteiger partial charge in [-0.3, -0.25) is 0 Å². The van der Waals surface area contributed by atoms with E-state index in [0.717, 1.165) is 50.0 Å². The second-order valence-corrected chi connectivity index (χ2v) is 7.95. The molecule has 1 unspecified atom stereocenters. The van der Waals surface area contributed by atoms with Gasteiger partial charge >= 0.3 is 0 Å². The van der Waals surface area contributed by atoms with Crippen molar-refractivity contribution in [3.8, 4) is 5.75 Å². The number of hydrogen-bond donors (Lipinski definition) is 2. The van der Waals surface area contributed by atoms with Crippen LogP contribution in [0.5, 0.6) is 5.75 Å². The van der Waals surface area contributed by atoms with Crippen LogP contribution in [0.4, 0.5) is 5.69 Å². The van der Waals surface area contributed by atoms with Gasteiger partial charge in [-0.15, -0.1) is 0 Å². The van der Waals surface area contributed by atoms with E-state index in [1.807, 2.05) is 12.1 Å². The molecule has 0 amide bonds. The molecular formula is C24H35N5O. The van der Waals surface area contributed by atoms with Crippen LogP contribution in [0.1, 0.15) is 24.5 Å². The molecule has 2 aromatic carbocycles. The van der Waals surface area contributed by atoms with Gasteiger partial charge in [-0.05, 0) is 50.7 Å². The van der Waals surface area contributed by atoms with Crippen LogP contribution in [0.2, 0.25) is 0 Å². The Morgan fingerprint density at radius 3 is 2.60 bits per heavy atom. The second-order valence-electron chi connectivity index (χ2n) is 7.95. The van der Waals surface area contributed by atoms with E-state index in [4.69, 9.17) is 9.73 Å². The number of hydrogen-bond acceptors (Lipinski definition) is 4. The zero-order chi connectivity index (χ0) is 21.3. The summed E-state index contributed by atoms with van der Waals surface area (Å²) >= 11 is 0. The quantitative estimate of drug-likeness (QED) is 0.518. The number of aliphatic imine (C=N–C) groups is 1. The second kappa shape index (κ2) is 10.9. The fourth-order valence-corrected chi connectivity index (χ4v) is 3.87. The minimum absolute atomic E-state index is 0.352. The molecule has 30 heavy (non-hydrogen) atoms. The molecule has 2 aromatic rings. The van der Waals surface area contributed by atoms with E-state index >= 15 is 0 Å². The van der Waals surface area contributed by atoms with Crippen LogP contribution in [0.25, 0.3) is 0 Å². The van der Waals surface area contributed by atoms with Crippen molar-refractivity contribution in [1.29, 1.82) is 0 Å². The summed E-state index contributed by atoms with van der Waals surface area (Å²) in [7, 11) is 5.92. The first-order chi connectivity index (χ1) is 14.6. The van der Waals surface area contributed by atoms with E-state index in [9.17, 15) is 0 Å². The molecule has 0 aromatic heterocycles. The van der Waals surface area contributed by atoms with Crippen molar-refractivity contribution in [3.63, 3.8) is 0 Å². The lowest BCUT2D eigenvalue weighted by atomic mass is 10.1. The molecule has 0 radical (unpaired) electrons. The fourth-order valence-electron chi connectivity index (χ4n) is 3.87. The molecule has 0 bridgehead atoms. The zero-order valence-corrected chi connectivity index (χ0v) is 18.7. The summed E-state index contributed by atoms with van der Waals surface area (Å²) in [6.45, 7) is 6.47. The highest BCUT2D eigenvalue weighted by molar-refractivity contribution is 5.80. The maximum atomic E-state index is 5.54. The topological polar surface area (TPSA) is 52.1 Å². The van der Waals surface area contributed by atoms with Crippen molar-refractivity contribution in [2.45, 2.75) is 32.5 Å². The van der Waals surface area contributed by atoms with E-state index in [0.29, 0.717) is 12.6 Å². The Morgan fingerprint density at radius 2 is 1.87 bits per heavy atom. The highest BCUT2D eigenvalue weighted by Gasteiger charge is 2.25. The van der Waals surface area contributed by atoms with E-state index in [1.165, 1.54) is 11.1 Å². The number of nitrogens with zero attached hydrogens (tertiary/aromatic N) is 3. The molecule has 6 nitrogen and oxygen atoms in total. The molecule has 0 saturated carbocycles. The van der Waals surface area contributed by atoms with Crippen molar-refractivity contribution in [2.24, 2.45) is 4.99 Å². The first-order valence-electron chi connectivity index (χ1n) is 10.7. The van der Waals surface area contributed by atoms with Crippen molar-refractivity contribution < 1.29 is 4.74 Å². The summed E-state index contributed by atoms with van der Waals surface area (Å²) in [5, 5.41) is 7.03. The third-order valence-corrected chi connectivity index (χ3v) is 5.31. The monoisotopic (exact) mass is 409 g/mol. The molecule has 1 saturated heterocycles. The molecule has 1 heterocycles. The Morgan fingerprint density at radius 1 is 1.13 bits per heavy atom. The standard InChI is InChI=1S/C24H35N5O/c1-5-25-24(26-16-19-10-6-7-11-20(19)17-28(2)3)27-21-14-15-29(18-21)22-12-8-9-13-23(22)30-4/h6-13,21H,5,14-18H2,1-4H3,(H2,25,26,27). The van der Waals surface area contributed by atoms with Crippen molar-refractivity contribution in [3.05, 3.63) is 59.7 Å². The van der Waals surface area contributed by atoms with Crippen LogP contribution in [-0.2, 0) is 13.1 Å². The van der Waals surface area contributed by atoms with Gasteiger partial charge in [-0.25, -0.2) is 4.99 Å². The average molecular weight is 410 g/mol. The van der Waals surface area contributed by atoms with Crippen molar-refractivity contribution in [1.82, 2.24) is 15.5 Å². The number of nitrogens with one attached hydrogen (secondary N) is 2. The largest absolute Gasteiger partial charge is 0.495 e. The average Bonchev–Trinajstić information content (AvgIpc) is 3.21. The van der Waals surface area contributed by atoms with Gasteiger partial charge in [0.25, 0.3) is 0 Å². The Hall–Kier alpha value is -2.73. The first kappa shape index (κ1) is 22.0. The van der Waals surface area contributed by atoms with Gasteiger partial charge in [-0.1, -0.05) is 36.4 Å². The molecule has 0 aliphatic carbocycles. The maximum Gasteiger partial charge on any atom is 0.191 e. The number of methoxy groups -OCH3 is 1. The van der Waals surface area contributed by atoms with Crippen LogP contribution < -0.4 is 20.3 Å². The van der Waals surface area contributed by atoms with E-state index in [2.05, 4.69) is 77.9 Å². The van der Waals surface area contributed by atoms with Crippen LogP contribution in [0, 0.1) is 0 Å². The van der Waals surface area contributed by atoms with Gasteiger partial charge in [0.15, 0.2) is 5.96 Å². The molecule has 162 valence electrons. The van der Waals surface area contributed by atoms with Gasteiger partial charge in [0, 0.05) is 32.2 Å². The Labute approximate surface area is 180 Å². The summed E-state index contributed by atoms with van der Waals surface area (Å²) in [5.74, 6) is 1.81. The number of anilines is 1. The number of para-hydroxylation sites is 2. The smallest absolute Gasteiger partial charge is 0.191 e. The van der Waals surface area contributed by atoms with Gasteiger partial charge < -0.3 is 25.2 Å². The van der Waals surface area contributed by atoms with Gasteiger partial charge in [0.2, 0.25) is 0 Å². The SMILES string of the molecule is CCNC(=NCc1ccccc1CN(C)C)NC1CCN(c2ccccc2OC)C1. The summed E-state index contributed by atoms with van der Waals surface area (Å²) in [6, 6.07) is 17.1. The molecular weight excluding hydrogens is 374 g/mol. The van der Waals surface area contributed by atoms with Crippen LogP contribution >= 0.6 is 0 Å².